The molecule has 5 nitrogen and oxygen atoms in total. The minimum atomic E-state index is -0.132. The fraction of sp³-hybridized carbons (Fsp3) is 0.923. The number of tetrazole rings is 1. The SMILES string of the molecule is CC(C)C1CCCC(N)(Cc2nnn(C)n2)CC1. The van der Waals surface area contributed by atoms with E-state index in [0.717, 1.165) is 36.9 Å². The monoisotopic (exact) mass is 251 g/mol. The maximum Gasteiger partial charge on any atom is 0.176 e. The standard InChI is InChI=1S/C13H25N5/c1-10(2)11-5-4-7-13(14,8-6-11)9-12-15-17-18(3)16-12/h10-11H,4-9,14H2,1-3H3. The van der Waals surface area contributed by atoms with Crippen LogP contribution in [0.15, 0.2) is 0 Å². The van der Waals surface area contributed by atoms with Crippen molar-refractivity contribution in [1.82, 2.24) is 20.2 Å². The minimum Gasteiger partial charge on any atom is -0.325 e. The zero-order valence-corrected chi connectivity index (χ0v) is 11.8. The molecule has 0 saturated heterocycles. The van der Waals surface area contributed by atoms with Crippen LogP contribution in [0.3, 0.4) is 0 Å². The van der Waals surface area contributed by atoms with E-state index in [2.05, 4.69) is 29.3 Å². The minimum absolute atomic E-state index is 0.132. The van der Waals surface area contributed by atoms with Crippen LogP contribution < -0.4 is 5.73 Å². The Bertz CT molecular complexity index is 386. The Hall–Kier alpha value is -0.970. The summed E-state index contributed by atoms with van der Waals surface area (Å²) in [6.07, 6.45) is 6.67. The second-order valence-electron chi connectivity index (χ2n) is 6.17. The van der Waals surface area contributed by atoms with Gasteiger partial charge in [-0.2, -0.15) is 4.80 Å². The van der Waals surface area contributed by atoms with E-state index in [1.165, 1.54) is 24.1 Å². The van der Waals surface area contributed by atoms with Crippen molar-refractivity contribution in [1.29, 1.82) is 0 Å². The van der Waals surface area contributed by atoms with Crippen LogP contribution in [0, 0.1) is 11.8 Å². The first-order chi connectivity index (χ1) is 8.48. The first kappa shape index (κ1) is 13.5. The van der Waals surface area contributed by atoms with Gasteiger partial charge in [0.1, 0.15) is 0 Å². The van der Waals surface area contributed by atoms with Crippen LogP contribution >= 0.6 is 0 Å². The molecular weight excluding hydrogens is 226 g/mol. The third-order valence-electron chi connectivity index (χ3n) is 4.27. The summed E-state index contributed by atoms with van der Waals surface area (Å²) in [7, 11) is 1.79. The van der Waals surface area contributed by atoms with Crippen LogP contribution in [0.4, 0.5) is 0 Å². The zero-order valence-electron chi connectivity index (χ0n) is 11.8. The molecule has 1 aliphatic carbocycles. The summed E-state index contributed by atoms with van der Waals surface area (Å²) in [4.78, 5) is 1.51. The Balaban J connectivity index is 1.98. The highest BCUT2D eigenvalue weighted by Crippen LogP contribution is 2.33. The second-order valence-corrected chi connectivity index (χ2v) is 6.17. The average molecular weight is 251 g/mol. The quantitative estimate of drug-likeness (QED) is 0.830. The molecule has 1 heterocycles. The molecular formula is C13H25N5. The van der Waals surface area contributed by atoms with Crippen LogP contribution in [-0.4, -0.2) is 25.7 Å². The second kappa shape index (κ2) is 5.34. The Morgan fingerprint density at radius 1 is 1.39 bits per heavy atom. The van der Waals surface area contributed by atoms with E-state index in [1.807, 2.05) is 0 Å². The number of rotatable bonds is 3. The van der Waals surface area contributed by atoms with Gasteiger partial charge in [-0.3, -0.25) is 0 Å². The maximum absolute atomic E-state index is 6.55. The first-order valence-corrected chi connectivity index (χ1v) is 7.00. The van der Waals surface area contributed by atoms with Gasteiger partial charge in [-0.25, -0.2) is 0 Å². The molecule has 2 unspecified atom stereocenters. The van der Waals surface area contributed by atoms with Crippen LogP contribution in [0.5, 0.6) is 0 Å². The molecule has 1 fully saturated rings. The zero-order chi connectivity index (χ0) is 13.2. The molecule has 0 aliphatic heterocycles. The largest absolute Gasteiger partial charge is 0.325 e. The van der Waals surface area contributed by atoms with Gasteiger partial charge in [-0.05, 0) is 36.3 Å². The van der Waals surface area contributed by atoms with Crippen molar-refractivity contribution in [3.63, 3.8) is 0 Å². The van der Waals surface area contributed by atoms with Crippen LogP contribution in [0.25, 0.3) is 0 Å². The van der Waals surface area contributed by atoms with Crippen LogP contribution in [-0.2, 0) is 13.5 Å². The number of hydrogen-bond donors (Lipinski definition) is 1. The molecule has 5 heteroatoms. The number of aryl methyl sites for hydroxylation is 1. The van der Waals surface area contributed by atoms with Gasteiger partial charge >= 0.3 is 0 Å². The lowest BCUT2D eigenvalue weighted by Gasteiger charge is -2.27. The molecule has 18 heavy (non-hydrogen) atoms. The summed E-state index contributed by atoms with van der Waals surface area (Å²) in [5.74, 6) is 2.37. The molecule has 0 radical (unpaired) electrons. The van der Waals surface area contributed by atoms with Crippen LogP contribution in [0.1, 0.15) is 51.8 Å². The maximum atomic E-state index is 6.55. The van der Waals surface area contributed by atoms with E-state index in [4.69, 9.17) is 5.73 Å². The van der Waals surface area contributed by atoms with Crippen molar-refractivity contribution in [2.45, 2.75) is 57.9 Å². The molecule has 2 N–H and O–H groups in total. The predicted molar refractivity (Wildman–Crippen MR) is 70.8 cm³/mol. The first-order valence-electron chi connectivity index (χ1n) is 7.00. The van der Waals surface area contributed by atoms with Crippen molar-refractivity contribution >= 4 is 0 Å². The molecule has 0 amide bonds. The Morgan fingerprint density at radius 2 is 2.17 bits per heavy atom. The van der Waals surface area contributed by atoms with Crippen LogP contribution in [0.2, 0.25) is 0 Å². The summed E-state index contributed by atoms with van der Waals surface area (Å²) in [6.45, 7) is 4.64. The molecule has 0 bridgehead atoms. The number of aromatic nitrogens is 4. The summed E-state index contributed by atoms with van der Waals surface area (Å²) in [5.41, 5.74) is 6.41. The Labute approximate surface area is 109 Å². The van der Waals surface area contributed by atoms with E-state index >= 15 is 0 Å². The predicted octanol–water partition coefficient (Wildman–Crippen LogP) is 1.69. The molecule has 0 aromatic carbocycles. The molecule has 1 aromatic heterocycles. The van der Waals surface area contributed by atoms with E-state index in [9.17, 15) is 0 Å². The van der Waals surface area contributed by atoms with E-state index in [0.29, 0.717) is 0 Å². The molecule has 2 rings (SSSR count). The average Bonchev–Trinajstić information content (AvgIpc) is 2.58. The van der Waals surface area contributed by atoms with Gasteiger partial charge in [-0.1, -0.05) is 26.7 Å². The highest BCUT2D eigenvalue weighted by atomic mass is 15.6. The summed E-state index contributed by atoms with van der Waals surface area (Å²) >= 11 is 0. The third-order valence-corrected chi connectivity index (χ3v) is 4.27. The van der Waals surface area contributed by atoms with Gasteiger partial charge in [-0.15, -0.1) is 10.2 Å². The summed E-state index contributed by atoms with van der Waals surface area (Å²) < 4.78 is 0. The van der Waals surface area contributed by atoms with Crippen molar-refractivity contribution in [2.24, 2.45) is 24.6 Å². The fourth-order valence-electron chi connectivity index (χ4n) is 3.01. The fourth-order valence-corrected chi connectivity index (χ4v) is 3.01. The van der Waals surface area contributed by atoms with Crippen molar-refractivity contribution in [3.8, 4) is 0 Å². The van der Waals surface area contributed by atoms with E-state index in [1.54, 1.807) is 7.05 Å². The van der Waals surface area contributed by atoms with Crippen molar-refractivity contribution < 1.29 is 0 Å². The van der Waals surface area contributed by atoms with Gasteiger partial charge in [0.2, 0.25) is 0 Å². The topological polar surface area (TPSA) is 69.6 Å². The van der Waals surface area contributed by atoms with E-state index < -0.39 is 0 Å². The lowest BCUT2D eigenvalue weighted by Crippen LogP contribution is -2.42. The van der Waals surface area contributed by atoms with Crippen molar-refractivity contribution in [2.75, 3.05) is 0 Å². The lowest BCUT2D eigenvalue weighted by molar-refractivity contribution is 0.319. The number of nitrogens with zero attached hydrogens (tertiary/aromatic N) is 4. The molecule has 1 aliphatic rings. The molecule has 102 valence electrons. The molecule has 1 saturated carbocycles. The molecule has 2 atom stereocenters. The van der Waals surface area contributed by atoms with Gasteiger partial charge in [0.15, 0.2) is 5.82 Å². The van der Waals surface area contributed by atoms with Gasteiger partial charge in [0.05, 0.1) is 7.05 Å². The molecule has 0 spiro atoms. The smallest absolute Gasteiger partial charge is 0.176 e. The van der Waals surface area contributed by atoms with Crippen molar-refractivity contribution in [3.05, 3.63) is 5.82 Å². The highest BCUT2D eigenvalue weighted by Gasteiger charge is 2.31. The van der Waals surface area contributed by atoms with E-state index in [-0.39, 0.29) is 5.54 Å². The van der Waals surface area contributed by atoms with Gasteiger partial charge in [0, 0.05) is 12.0 Å². The third kappa shape index (κ3) is 3.28. The normalized spacial score (nSPS) is 29.5. The summed E-state index contributed by atoms with van der Waals surface area (Å²) in [5, 5.41) is 12.2. The molecule has 1 aromatic rings. The number of nitrogens with two attached hydrogens (primary N) is 1. The Kier molecular flexibility index (Phi) is 4.00. The number of hydrogen-bond acceptors (Lipinski definition) is 4. The highest BCUT2D eigenvalue weighted by molar-refractivity contribution is 4.96. The van der Waals surface area contributed by atoms with Gasteiger partial charge < -0.3 is 5.73 Å². The lowest BCUT2D eigenvalue weighted by atomic mass is 9.85. The van der Waals surface area contributed by atoms with Gasteiger partial charge in [0.25, 0.3) is 0 Å². The Morgan fingerprint density at radius 3 is 2.78 bits per heavy atom. The summed E-state index contributed by atoms with van der Waals surface area (Å²) in [6, 6.07) is 0.